The number of rotatable bonds is 7. The number of ether oxygens (including phenoxy) is 3. The number of nitrogens with zero attached hydrogens (tertiary/aromatic N) is 2. The summed E-state index contributed by atoms with van der Waals surface area (Å²) in [6, 6.07) is 14.8. The van der Waals surface area contributed by atoms with E-state index in [2.05, 4.69) is 11.0 Å². The van der Waals surface area contributed by atoms with Crippen LogP contribution in [0.25, 0.3) is 0 Å². The third-order valence-corrected chi connectivity index (χ3v) is 5.66. The summed E-state index contributed by atoms with van der Waals surface area (Å²) in [7, 11) is 0. The first kappa shape index (κ1) is 20.2. The Kier molecular flexibility index (Phi) is 6.50. The van der Waals surface area contributed by atoms with Crippen molar-refractivity contribution in [3.05, 3.63) is 53.6 Å². The smallest absolute Gasteiger partial charge is 0.166 e. The van der Waals surface area contributed by atoms with E-state index in [1.54, 1.807) is 12.1 Å². The van der Waals surface area contributed by atoms with E-state index >= 15 is 0 Å². The molecule has 0 spiro atoms. The van der Waals surface area contributed by atoms with Crippen molar-refractivity contribution >= 4 is 5.78 Å². The molecule has 1 saturated heterocycles. The topological polar surface area (TPSA) is 71.8 Å². The van der Waals surface area contributed by atoms with Gasteiger partial charge in [0.1, 0.15) is 19.0 Å². The molecule has 0 atom stereocenters. The molecule has 1 fully saturated rings. The summed E-state index contributed by atoms with van der Waals surface area (Å²) >= 11 is 0. The van der Waals surface area contributed by atoms with Gasteiger partial charge in [-0.15, -0.1) is 0 Å². The molecule has 0 bridgehead atoms. The van der Waals surface area contributed by atoms with Crippen LogP contribution in [0.2, 0.25) is 0 Å². The summed E-state index contributed by atoms with van der Waals surface area (Å²) in [5, 5.41) is 8.82. The molecule has 6 nitrogen and oxygen atoms in total. The second-order valence-corrected chi connectivity index (χ2v) is 7.68. The largest absolute Gasteiger partial charge is 0.494 e. The van der Waals surface area contributed by atoms with Gasteiger partial charge in [0.15, 0.2) is 17.3 Å². The Morgan fingerprint density at radius 3 is 2.53 bits per heavy atom. The molecule has 2 heterocycles. The Morgan fingerprint density at radius 2 is 1.80 bits per heavy atom. The maximum atomic E-state index is 12.9. The molecule has 0 N–H and O–H groups in total. The third kappa shape index (κ3) is 4.92. The number of hydrogen-bond donors (Lipinski definition) is 0. The molecule has 0 amide bonds. The summed E-state index contributed by atoms with van der Waals surface area (Å²) in [6.45, 7) is 4.54. The van der Waals surface area contributed by atoms with Crippen LogP contribution in [0.5, 0.6) is 17.2 Å². The first-order valence-electron chi connectivity index (χ1n) is 10.5. The van der Waals surface area contributed by atoms with Crippen LogP contribution in [-0.4, -0.2) is 50.1 Å². The minimum absolute atomic E-state index is 0.0682. The van der Waals surface area contributed by atoms with Gasteiger partial charge in [0.25, 0.3) is 0 Å². The van der Waals surface area contributed by atoms with Crippen molar-refractivity contribution in [2.75, 3.05) is 39.5 Å². The number of likely N-dealkylation sites (tertiary alicyclic amines) is 1. The Labute approximate surface area is 177 Å². The number of benzene rings is 2. The number of carbonyl (C=O) groups is 1. The average molecular weight is 406 g/mol. The third-order valence-electron chi connectivity index (χ3n) is 5.66. The van der Waals surface area contributed by atoms with Gasteiger partial charge in [0.2, 0.25) is 0 Å². The summed E-state index contributed by atoms with van der Waals surface area (Å²) in [5.74, 6) is 2.45. The molecule has 2 aliphatic rings. The quantitative estimate of drug-likeness (QED) is 0.516. The van der Waals surface area contributed by atoms with Crippen LogP contribution in [0.4, 0.5) is 0 Å². The van der Waals surface area contributed by atoms with E-state index in [1.165, 1.54) is 0 Å². The van der Waals surface area contributed by atoms with E-state index in [4.69, 9.17) is 19.5 Å². The van der Waals surface area contributed by atoms with Crippen molar-refractivity contribution in [2.45, 2.75) is 19.3 Å². The van der Waals surface area contributed by atoms with Crippen LogP contribution in [0.15, 0.2) is 42.5 Å². The van der Waals surface area contributed by atoms with Crippen molar-refractivity contribution in [1.29, 1.82) is 5.26 Å². The molecule has 4 rings (SSSR count). The van der Waals surface area contributed by atoms with Gasteiger partial charge in [0.05, 0.1) is 18.2 Å². The number of piperidine rings is 1. The molecular formula is C24H26N2O4. The summed E-state index contributed by atoms with van der Waals surface area (Å²) in [4.78, 5) is 15.3. The molecule has 6 heteroatoms. The zero-order valence-corrected chi connectivity index (χ0v) is 17.0. The van der Waals surface area contributed by atoms with E-state index in [0.29, 0.717) is 36.7 Å². The van der Waals surface area contributed by atoms with Crippen LogP contribution < -0.4 is 14.2 Å². The van der Waals surface area contributed by atoms with Crippen molar-refractivity contribution in [3.63, 3.8) is 0 Å². The Balaban J connectivity index is 1.19. The highest BCUT2D eigenvalue weighted by atomic mass is 16.6. The summed E-state index contributed by atoms with van der Waals surface area (Å²) < 4.78 is 16.9. The van der Waals surface area contributed by atoms with Crippen molar-refractivity contribution < 1.29 is 19.0 Å². The van der Waals surface area contributed by atoms with E-state index in [1.807, 2.05) is 30.3 Å². The molecule has 156 valence electrons. The van der Waals surface area contributed by atoms with Gasteiger partial charge in [-0.05, 0) is 74.8 Å². The highest BCUT2D eigenvalue weighted by Gasteiger charge is 2.26. The minimum Gasteiger partial charge on any atom is -0.494 e. The first-order chi connectivity index (χ1) is 14.7. The van der Waals surface area contributed by atoms with E-state index in [9.17, 15) is 4.79 Å². The maximum Gasteiger partial charge on any atom is 0.166 e. The molecule has 0 saturated carbocycles. The lowest BCUT2D eigenvalue weighted by Gasteiger charge is -2.31. The van der Waals surface area contributed by atoms with Gasteiger partial charge in [0, 0.05) is 18.0 Å². The molecule has 0 unspecified atom stereocenters. The predicted molar refractivity (Wildman–Crippen MR) is 112 cm³/mol. The zero-order chi connectivity index (χ0) is 20.8. The fourth-order valence-corrected chi connectivity index (χ4v) is 3.95. The predicted octanol–water partition coefficient (Wildman–Crippen LogP) is 3.69. The lowest BCUT2D eigenvalue weighted by atomic mass is 9.88. The molecule has 2 aromatic rings. The number of Topliss-reactive ketones (excluding diaryl/α,β-unsaturated/α-hetero) is 1. The molecule has 2 aromatic carbocycles. The van der Waals surface area contributed by atoms with E-state index < -0.39 is 0 Å². The standard InChI is InChI=1S/C24H26N2O4/c25-17-18-2-5-21(6-3-18)28-13-1-10-26-11-8-19(9-12-26)24(27)20-4-7-22-23(16-20)30-15-14-29-22/h2-7,16,19H,1,8-15H2. The number of carbonyl (C=O) groups excluding carboxylic acids is 1. The van der Waals surface area contributed by atoms with E-state index in [0.717, 1.165) is 50.4 Å². The molecule has 0 radical (unpaired) electrons. The number of hydrogen-bond acceptors (Lipinski definition) is 6. The lowest BCUT2D eigenvalue weighted by Crippen LogP contribution is -2.37. The fourth-order valence-electron chi connectivity index (χ4n) is 3.95. The Morgan fingerprint density at radius 1 is 1.07 bits per heavy atom. The second kappa shape index (κ2) is 9.64. The normalized spacial score (nSPS) is 16.6. The lowest BCUT2D eigenvalue weighted by molar-refractivity contribution is 0.0834. The summed E-state index contributed by atoms with van der Waals surface area (Å²) in [6.07, 6.45) is 2.69. The molecule has 2 aliphatic heterocycles. The summed E-state index contributed by atoms with van der Waals surface area (Å²) in [5.41, 5.74) is 1.35. The number of fused-ring (bicyclic) bond motifs is 1. The monoisotopic (exact) mass is 406 g/mol. The minimum atomic E-state index is 0.0682. The van der Waals surface area contributed by atoms with Gasteiger partial charge in [-0.2, -0.15) is 5.26 Å². The van der Waals surface area contributed by atoms with Crippen LogP contribution in [-0.2, 0) is 0 Å². The number of ketones is 1. The van der Waals surface area contributed by atoms with Crippen LogP contribution in [0.3, 0.4) is 0 Å². The van der Waals surface area contributed by atoms with Crippen molar-refractivity contribution in [3.8, 4) is 23.3 Å². The number of nitriles is 1. The van der Waals surface area contributed by atoms with Crippen LogP contribution in [0, 0.1) is 17.2 Å². The van der Waals surface area contributed by atoms with E-state index in [-0.39, 0.29) is 11.7 Å². The molecule has 0 aromatic heterocycles. The molecule has 30 heavy (non-hydrogen) atoms. The molecule has 0 aliphatic carbocycles. The van der Waals surface area contributed by atoms with Gasteiger partial charge in [-0.3, -0.25) is 4.79 Å². The highest BCUT2D eigenvalue weighted by molar-refractivity contribution is 5.98. The van der Waals surface area contributed by atoms with Gasteiger partial charge in [-0.25, -0.2) is 0 Å². The average Bonchev–Trinajstić information content (AvgIpc) is 2.82. The zero-order valence-electron chi connectivity index (χ0n) is 17.0. The highest BCUT2D eigenvalue weighted by Crippen LogP contribution is 2.32. The van der Waals surface area contributed by atoms with Crippen LogP contribution >= 0.6 is 0 Å². The van der Waals surface area contributed by atoms with Crippen molar-refractivity contribution in [1.82, 2.24) is 4.90 Å². The Bertz CT molecular complexity index is 912. The Hall–Kier alpha value is -3.04. The fraction of sp³-hybridized carbons (Fsp3) is 0.417. The van der Waals surface area contributed by atoms with Crippen molar-refractivity contribution in [2.24, 2.45) is 5.92 Å². The maximum absolute atomic E-state index is 12.9. The van der Waals surface area contributed by atoms with Gasteiger partial charge >= 0.3 is 0 Å². The van der Waals surface area contributed by atoms with Gasteiger partial charge in [-0.1, -0.05) is 0 Å². The van der Waals surface area contributed by atoms with Gasteiger partial charge < -0.3 is 19.1 Å². The second-order valence-electron chi connectivity index (χ2n) is 7.68. The molecular weight excluding hydrogens is 380 g/mol. The first-order valence-corrected chi connectivity index (χ1v) is 10.5. The SMILES string of the molecule is N#Cc1ccc(OCCCN2CCC(C(=O)c3ccc4c(c3)OCCO4)CC2)cc1. The van der Waals surface area contributed by atoms with Crippen LogP contribution in [0.1, 0.15) is 35.2 Å².